The summed E-state index contributed by atoms with van der Waals surface area (Å²) in [5.74, 6) is 0. The van der Waals surface area contributed by atoms with Gasteiger partial charge in [0, 0.05) is 0 Å². The van der Waals surface area contributed by atoms with E-state index in [1.54, 1.807) is 0 Å². The number of aliphatic hydroxyl groups is 3. The lowest BCUT2D eigenvalue weighted by atomic mass is 10.0. The number of aliphatic hydroxyl groups excluding tert-OH is 3. The van der Waals surface area contributed by atoms with E-state index >= 15 is 0 Å². The Bertz CT molecular complexity index is 529. The van der Waals surface area contributed by atoms with Crippen molar-refractivity contribution in [2.24, 2.45) is 0 Å². The van der Waals surface area contributed by atoms with E-state index in [0.717, 1.165) is 37.1 Å². The quantitative estimate of drug-likeness (QED) is 0.0569. The van der Waals surface area contributed by atoms with Gasteiger partial charge in [0.05, 0.1) is 66.0 Å². The summed E-state index contributed by atoms with van der Waals surface area (Å²) in [6.07, 6.45) is 21.9. The monoisotopic (exact) mass is 629 g/mol. The van der Waals surface area contributed by atoms with Crippen LogP contribution in [0.4, 0.5) is 0 Å². The van der Waals surface area contributed by atoms with Crippen LogP contribution in [0.15, 0.2) is 0 Å². The van der Waals surface area contributed by atoms with Crippen molar-refractivity contribution < 1.29 is 53.3 Å². The molecule has 0 unspecified atom stereocenters. The van der Waals surface area contributed by atoms with Crippen LogP contribution in [0.3, 0.4) is 0 Å². The van der Waals surface area contributed by atoms with Gasteiger partial charge in [0.2, 0.25) is 0 Å². The number of nitrogens with zero attached hydrogens (tertiary/aromatic N) is 1. The van der Waals surface area contributed by atoms with Gasteiger partial charge in [0.15, 0.2) is 0 Å². The van der Waals surface area contributed by atoms with Crippen LogP contribution in [-0.4, -0.2) is 105 Å². The molecule has 0 aliphatic heterocycles. The molecule has 0 aromatic carbocycles. The van der Waals surface area contributed by atoms with Crippen LogP contribution in [0, 0.1) is 0 Å². The minimum absolute atomic E-state index is 0.0400. The summed E-state index contributed by atoms with van der Waals surface area (Å²) in [4.78, 5) is 25.6. The molecule has 256 valence electrons. The Balaban J connectivity index is 0. The molecule has 0 aliphatic rings. The van der Waals surface area contributed by atoms with Crippen molar-refractivity contribution in [1.29, 1.82) is 0 Å². The van der Waals surface area contributed by atoms with E-state index in [-0.39, 0.29) is 19.8 Å². The van der Waals surface area contributed by atoms with Crippen LogP contribution in [0.25, 0.3) is 0 Å². The highest BCUT2D eigenvalue weighted by Crippen LogP contribution is 2.16. The fraction of sp³-hybridized carbons (Fsp3) is 1.00. The van der Waals surface area contributed by atoms with Crippen LogP contribution in [-0.2, 0) is 18.8 Å². The number of hydrogen-bond donors (Lipinski definition) is 3. The lowest BCUT2D eigenvalue weighted by Crippen LogP contribution is -2.54. The van der Waals surface area contributed by atoms with E-state index in [9.17, 15) is 0 Å². The zero-order chi connectivity index (χ0) is 31.6. The summed E-state index contributed by atoms with van der Waals surface area (Å²) in [5.41, 5.74) is 0. The van der Waals surface area contributed by atoms with Gasteiger partial charge in [-0.05, 0) is 12.8 Å². The van der Waals surface area contributed by atoms with E-state index in [4.69, 9.17) is 48.8 Å². The van der Waals surface area contributed by atoms with Crippen LogP contribution in [0.2, 0.25) is 0 Å². The molecule has 0 aliphatic carbocycles. The second-order valence-electron chi connectivity index (χ2n) is 11.0. The Hall–Kier alpha value is -0.170. The first kappa shape index (κ1) is 44.0. The Morgan fingerprint density at radius 3 is 1.00 bits per heavy atom. The molecule has 0 amide bonds. The molecule has 3 N–H and O–H groups in total. The number of unbranched alkanes of at least 4 members (excludes halogenated alkanes) is 15. The molecule has 0 aromatic heterocycles. The molecule has 12 heteroatoms. The number of rotatable bonds is 32. The highest BCUT2D eigenvalue weighted by Gasteiger charge is 2.26. The lowest BCUT2D eigenvalue weighted by molar-refractivity contribution is -0.929. The van der Waals surface area contributed by atoms with Gasteiger partial charge in [-0.15, -0.1) is 0 Å². The van der Waals surface area contributed by atoms with Crippen LogP contribution < -0.4 is 14.7 Å². The Morgan fingerprint density at radius 1 is 0.476 bits per heavy atom. The van der Waals surface area contributed by atoms with Gasteiger partial charge in [-0.25, -0.2) is 0 Å². The van der Waals surface area contributed by atoms with Crippen molar-refractivity contribution in [2.75, 3.05) is 85.6 Å². The van der Waals surface area contributed by atoms with E-state index in [0.29, 0.717) is 39.6 Å². The van der Waals surface area contributed by atoms with Crippen molar-refractivity contribution in [1.82, 2.24) is 0 Å². The minimum atomic E-state index is -5.39. The number of quaternary nitrogens is 1. The molecule has 0 saturated heterocycles. The fourth-order valence-electron chi connectivity index (χ4n) is 4.94. The molecule has 0 spiro atoms. The van der Waals surface area contributed by atoms with Crippen molar-refractivity contribution in [3.63, 3.8) is 0 Å². The van der Waals surface area contributed by atoms with Gasteiger partial charge in [0.1, 0.15) is 19.6 Å². The number of hydrogen-bond acceptors (Lipinski definition) is 10. The van der Waals surface area contributed by atoms with Gasteiger partial charge in [-0.2, -0.15) is 7.82 Å². The largest absolute Gasteiger partial charge is 0.822 e. The predicted molar refractivity (Wildman–Crippen MR) is 161 cm³/mol. The van der Waals surface area contributed by atoms with Gasteiger partial charge in [-0.3, -0.25) is 0 Å². The first-order chi connectivity index (χ1) is 20.2. The third-order valence-corrected chi connectivity index (χ3v) is 7.32. The summed E-state index contributed by atoms with van der Waals surface area (Å²) >= 11 is 0. The first-order valence-electron chi connectivity index (χ1n) is 16.4. The van der Waals surface area contributed by atoms with E-state index in [2.05, 4.69) is 6.92 Å². The van der Waals surface area contributed by atoms with Crippen LogP contribution in [0.5, 0.6) is 0 Å². The number of ether oxygens (including phenoxy) is 3. The van der Waals surface area contributed by atoms with Crippen LogP contribution in [0.1, 0.15) is 110 Å². The van der Waals surface area contributed by atoms with Gasteiger partial charge in [-0.1, -0.05) is 96.8 Å². The summed E-state index contributed by atoms with van der Waals surface area (Å²) < 4.78 is 26.2. The Kier molecular flexibility index (Phi) is 35.3. The second-order valence-corrected chi connectivity index (χ2v) is 11.9. The number of phosphoric acid groups is 1. The first-order valence-corrected chi connectivity index (χ1v) is 17.8. The zero-order valence-corrected chi connectivity index (χ0v) is 27.5. The van der Waals surface area contributed by atoms with E-state index in [1.807, 2.05) is 0 Å². The average Bonchev–Trinajstić information content (AvgIpc) is 2.94. The van der Waals surface area contributed by atoms with Crippen molar-refractivity contribution in [3.05, 3.63) is 0 Å². The molecular weight excluding hydrogens is 565 g/mol. The molecule has 0 atom stereocenters. The average molecular weight is 630 g/mol. The third-order valence-electron chi connectivity index (χ3n) is 7.32. The summed E-state index contributed by atoms with van der Waals surface area (Å²) in [5, 5.41) is 27.1. The predicted octanol–water partition coefficient (Wildman–Crippen LogP) is 2.27. The maximum atomic E-state index is 9.04. The Morgan fingerprint density at radius 2 is 0.738 bits per heavy atom. The molecule has 42 heavy (non-hydrogen) atoms. The SMILES string of the molecule is CCCCCCCCCCCCCCCCCC[N+](CCOCCO)(CCOCCO)CCOCCO.O=P([O-])([O-])[O-]. The minimum Gasteiger partial charge on any atom is -0.822 e. The van der Waals surface area contributed by atoms with Gasteiger partial charge < -0.3 is 53.3 Å². The van der Waals surface area contributed by atoms with Crippen LogP contribution >= 0.6 is 7.82 Å². The second kappa shape index (κ2) is 33.7. The molecule has 11 nitrogen and oxygen atoms in total. The maximum absolute atomic E-state index is 9.04. The highest BCUT2D eigenvalue weighted by atomic mass is 31.2. The molecular formula is C30H64NO10P-2. The highest BCUT2D eigenvalue weighted by molar-refractivity contribution is 7.40. The maximum Gasteiger partial charge on any atom is 0.103 e. The lowest BCUT2D eigenvalue weighted by Gasteiger charge is -2.39. The smallest absolute Gasteiger partial charge is 0.103 e. The molecule has 0 saturated carbocycles. The van der Waals surface area contributed by atoms with E-state index in [1.165, 1.54) is 96.3 Å². The Labute approximate surface area is 256 Å². The molecule has 0 rings (SSSR count). The molecule has 0 bridgehead atoms. The van der Waals surface area contributed by atoms with E-state index < -0.39 is 7.82 Å². The van der Waals surface area contributed by atoms with Crippen molar-refractivity contribution in [3.8, 4) is 0 Å². The van der Waals surface area contributed by atoms with Crippen molar-refractivity contribution in [2.45, 2.75) is 110 Å². The fourth-order valence-corrected chi connectivity index (χ4v) is 4.94. The molecule has 0 radical (unpaired) electrons. The normalized spacial score (nSPS) is 12.0. The zero-order valence-electron chi connectivity index (χ0n) is 26.6. The van der Waals surface area contributed by atoms with Crippen molar-refractivity contribution >= 4 is 7.82 Å². The standard InChI is InChI=1S/C30H64NO6.H3O4P/c1-2-3-4-5-6-7-8-9-10-11-12-13-14-15-16-17-18-31(19-25-35-28-22-32,20-26-36-29-23-33)21-27-37-30-24-34;1-5(2,3)4/h32-34H,2-30H2,1H3;(H3,1,2,3,4)/q+1;/p-3. The molecule has 0 aromatic rings. The van der Waals surface area contributed by atoms with Gasteiger partial charge in [0.25, 0.3) is 0 Å². The topological polar surface area (TPSA) is 175 Å². The summed E-state index contributed by atoms with van der Waals surface area (Å²) in [6, 6.07) is 0. The molecule has 0 fully saturated rings. The summed E-state index contributed by atoms with van der Waals surface area (Å²) in [7, 11) is -5.39. The summed E-state index contributed by atoms with van der Waals surface area (Å²) in [6.45, 7) is 8.88. The molecule has 0 heterocycles. The third kappa shape index (κ3) is 37.9. The van der Waals surface area contributed by atoms with Gasteiger partial charge >= 0.3 is 0 Å².